The van der Waals surface area contributed by atoms with E-state index < -0.39 is 17.4 Å². The molecule has 0 spiro atoms. The first-order chi connectivity index (χ1) is 16.0. The van der Waals surface area contributed by atoms with Crippen molar-refractivity contribution in [2.24, 2.45) is 0 Å². The molecule has 0 unspecified atom stereocenters. The molecule has 3 aromatic carbocycles. The third kappa shape index (κ3) is 5.98. The molecule has 0 aliphatic heterocycles. The van der Waals surface area contributed by atoms with Gasteiger partial charge in [-0.05, 0) is 80.6 Å². The number of aromatic hydroxyl groups is 1. The molecule has 0 bridgehead atoms. The lowest BCUT2D eigenvalue weighted by atomic mass is 9.92. The monoisotopic (exact) mass is 589 g/mol. The molecule has 0 radical (unpaired) electrons. The molecule has 0 heterocycles. The summed E-state index contributed by atoms with van der Waals surface area (Å²) in [6.45, 7) is 5.43. The van der Waals surface area contributed by atoms with Gasteiger partial charge in [-0.3, -0.25) is 4.79 Å². The van der Waals surface area contributed by atoms with Gasteiger partial charge >= 0.3 is 5.97 Å². The van der Waals surface area contributed by atoms with Gasteiger partial charge in [0, 0.05) is 17.5 Å². The van der Waals surface area contributed by atoms with Gasteiger partial charge < -0.3 is 20.3 Å². The highest BCUT2D eigenvalue weighted by Crippen LogP contribution is 2.39. The van der Waals surface area contributed by atoms with Crippen LogP contribution in [0.2, 0.25) is 0 Å². The van der Waals surface area contributed by atoms with E-state index in [0.29, 0.717) is 20.4 Å². The highest BCUT2D eigenvalue weighted by atomic mass is 79.9. The number of carboxylic acids is 1. The predicted octanol–water partition coefficient (Wildman–Crippen LogP) is 6.65. The Labute approximate surface area is 215 Å². The van der Waals surface area contributed by atoms with Crippen LogP contribution in [-0.4, -0.2) is 27.6 Å². The molecular weight excluding hydrogens is 566 g/mol. The predicted molar refractivity (Wildman–Crippen MR) is 138 cm³/mol. The quantitative estimate of drug-likeness (QED) is 0.273. The molecule has 6 nitrogen and oxygen atoms in total. The lowest BCUT2D eigenvalue weighted by molar-refractivity contribution is -0.143. The summed E-state index contributed by atoms with van der Waals surface area (Å²) in [5, 5.41) is 22.5. The van der Waals surface area contributed by atoms with Crippen molar-refractivity contribution >= 4 is 43.7 Å². The molecule has 0 fully saturated rings. The highest BCUT2D eigenvalue weighted by molar-refractivity contribution is 9.11. The number of carbonyl (C=O) groups excluding carboxylic acids is 1. The zero-order chi connectivity index (χ0) is 25.0. The van der Waals surface area contributed by atoms with Crippen LogP contribution in [0.15, 0.2) is 69.6 Å². The van der Waals surface area contributed by atoms with Gasteiger partial charge in [-0.25, -0.2) is 4.79 Å². The molecule has 3 N–H and O–H groups in total. The van der Waals surface area contributed by atoms with Crippen molar-refractivity contribution in [3.05, 3.63) is 86.3 Å². The molecule has 3 aromatic rings. The van der Waals surface area contributed by atoms with Crippen LogP contribution >= 0.6 is 31.9 Å². The maximum Gasteiger partial charge on any atom is 0.329 e. The number of halogens is 2. The van der Waals surface area contributed by atoms with Gasteiger partial charge in [-0.1, -0.05) is 44.2 Å². The number of benzene rings is 3. The molecule has 0 saturated heterocycles. The highest BCUT2D eigenvalue weighted by Gasteiger charge is 2.35. The number of nitrogens with one attached hydrogen (secondary N) is 1. The molecule has 34 heavy (non-hydrogen) atoms. The summed E-state index contributed by atoms with van der Waals surface area (Å²) in [6.07, 6.45) is 0.136. The maximum atomic E-state index is 13.0. The van der Waals surface area contributed by atoms with Crippen LogP contribution in [0.25, 0.3) is 0 Å². The number of carboxylic acid groups (broad SMARTS) is 1. The third-order valence-corrected chi connectivity index (χ3v) is 6.54. The minimum absolute atomic E-state index is 0.112. The molecule has 1 amide bonds. The van der Waals surface area contributed by atoms with E-state index in [-0.39, 0.29) is 23.7 Å². The lowest BCUT2D eigenvalue weighted by Gasteiger charge is -2.26. The van der Waals surface area contributed by atoms with Gasteiger partial charge in [0.1, 0.15) is 17.0 Å². The van der Waals surface area contributed by atoms with Gasteiger partial charge in [0.2, 0.25) is 0 Å². The van der Waals surface area contributed by atoms with Gasteiger partial charge in [-0.2, -0.15) is 0 Å². The second-order valence-corrected chi connectivity index (χ2v) is 10.2. The summed E-state index contributed by atoms with van der Waals surface area (Å²) < 4.78 is 7.02. The summed E-state index contributed by atoms with van der Waals surface area (Å²) in [5.41, 5.74) is 0.326. The van der Waals surface area contributed by atoms with Crippen molar-refractivity contribution in [2.45, 2.75) is 38.6 Å². The maximum absolute atomic E-state index is 13.0. The van der Waals surface area contributed by atoms with E-state index in [1.54, 1.807) is 30.3 Å². The van der Waals surface area contributed by atoms with Crippen LogP contribution < -0.4 is 10.1 Å². The lowest BCUT2D eigenvalue weighted by Crippen LogP contribution is -2.53. The van der Waals surface area contributed by atoms with Crippen molar-refractivity contribution in [1.29, 1.82) is 0 Å². The average Bonchev–Trinajstić information content (AvgIpc) is 2.77. The Morgan fingerprint density at radius 3 is 2.21 bits per heavy atom. The Bertz CT molecular complexity index is 1190. The number of phenolic OH excluding ortho intramolecular Hbond substituents is 1. The largest absolute Gasteiger partial charge is 0.508 e. The number of amides is 1. The Kier molecular flexibility index (Phi) is 8.05. The molecular formula is C26H25Br2NO5. The van der Waals surface area contributed by atoms with Crippen molar-refractivity contribution in [3.63, 3.8) is 0 Å². The summed E-state index contributed by atoms with van der Waals surface area (Å²) >= 11 is 6.89. The Hall–Kier alpha value is -2.84. The molecule has 8 heteroatoms. The van der Waals surface area contributed by atoms with Gasteiger partial charge in [0.15, 0.2) is 5.75 Å². The molecule has 0 aromatic heterocycles. The van der Waals surface area contributed by atoms with Crippen LogP contribution in [0.3, 0.4) is 0 Å². The Morgan fingerprint density at radius 1 is 1.03 bits per heavy atom. The number of phenols is 1. The average molecular weight is 591 g/mol. The molecule has 0 aliphatic rings. The Morgan fingerprint density at radius 2 is 1.65 bits per heavy atom. The van der Waals surface area contributed by atoms with Crippen molar-refractivity contribution in [1.82, 2.24) is 5.32 Å². The fourth-order valence-electron chi connectivity index (χ4n) is 3.46. The summed E-state index contributed by atoms with van der Waals surface area (Å²) in [4.78, 5) is 25.0. The van der Waals surface area contributed by atoms with E-state index in [9.17, 15) is 19.8 Å². The first kappa shape index (κ1) is 25.8. The first-order valence-corrected chi connectivity index (χ1v) is 12.2. The molecule has 0 aliphatic carbocycles. The molecule has 178 valence electrons. The van der Waals surface area contributed by atoms with E-state index >= 15 is 0 Å². The normalized spacial score (nSPS) is 12.8. The zero-order valence-corrected chi connectivity index (χ0v) is 22.1. The van der Waals surface area contributed by atoms with E-state index in [1.165, 1.54) is 6.92 Å². The van der Waals surface area contributed by atoms with Crippen LogP contribution in [0.5, 0.6) is 17.2 Å². The van der Waals surface area contributed by atoms with E-state index in [1.807, 2.05) is 44.2 Å². The minimum atomic E-state index is -1.49. The van der Waals surface area contributed by atoms with E-state index in [2.05, 4.69) is 37.2 Å². The standard InChI is InChI=1S/C26H25Br2NO5/c1-15(2)19-13-18(9-10-22(19)30)34-23-20(27)11-17(12-21(23)28)24(31)29-26(3,25(32)33)14-16-7-5-4-6-8-16/h4-13,15,30H,14H2,1-3H3,(H,29,31)(H,32,33)/t26-/m1/s1. The van der Waals surface area contributed by atoms with Crippen LogP contribution in [0.1, 0.15) is 48.2 Å². The topological polar surface area (TPSA) is 95.9 Å². The molecule has 0 saturated carbocycles. The third-order valence-electron chi connectivity index (χ3n) is 5.36. The number of hydrogen-bond acceptors (Lipinski definition) is 4. The smallest absolute Gasteiger partial charge is 0.329 e. The van der Waals surface area contributed by atoms with Crippen LogP contribution in [-0.2, 0) is 11.2 Å². The van der Waals surface area contributed by atoms with E-state index in [0.717, 1.165) is 11.1 Å². The SMILES string of the molecule is CC(C)c1cc(Oc2c(Br)cc(C(=O)N[C@](C)(Cc3ccccc3)C(=O)O)cc2Br)ccc1O. The molecule has 3 rings (SSSR count). The summed E-state index contributed by atoms with van der Waals surface area (Å²) in [7, 11) is 0. The molecule has 1 atom stereocenters. The van der Waals surface area contributed by atoms with Gasteiger partial charge in [0.05, 0.1) is 8.95 Å². The minimum Gasteiger partial charge on any atom is -0.508 e. The van der Waals surface area contributed by atoms with Crippen molar-refractivity contribution in [2.75, 3.05) is 0 Å². The number of carbonyl (C=O) groups is 2. The summed E-state index contributed by atoms with van der Waals surface area (Å²) in [6, 6.07) is 17.3. The van der Waals surface area contributed by atoms with Gasteiger partial charge in [-0.15, -0.1) is 0 Å². The second-order valence-electron chi connectivity index (χ2n) is 8.50. The Balaban J connectivity index is 1.84. The fourth-order valence-corrected chi connectivity index (χ4v) is 4.81. The van der Waals surface area contributed by atoms with Crippen LogP contribution in [0, 0.1) is 0 Å². The van der Waals surface area contributed by atoms with Crippen LogP contribution in [0.4, 0.5) is 0 Å². The first-order valence-electron chi connectivity index (χ1n) is 10.6. The number of rotatable bonds is 8. The van der Waals surface area contributed by atoms with Crippen molar-refractivity contribution in [3.8, 4) is 17.2 Å². The van der Waals surface area contributed by atoms with E-state index in [4.69, 9.17) is 4.74 Å². The zero-order valence-electron chi connectivity index (χ0n) is 18.9. The fraction of sp³-hybridized carbons (Fsp3) is 0.231. The second kappa shape index (κ2) is 10.6. The number of ether oxygens (including phenoxy) is 1. The summed E-state index contributed by atoms with van der Waals surface area (Å²) in [5.74, 6) is -0.370. The van der Waals surface area contributed by atoms with Gasteiger partial charge in [0.25, 0.3) is 5.91 Å². The van der Waals surface area contributed by atoms with Crippen molar-refractivity contribution < 1.29 is 24.5 Å². The number of hydrogen-bond donors (Lipinski definition) is 3. The number of aliphatic carboxylic acids is 1.